The molecule has 0 spiro atoms. The number of imide groups is 1. The minimum absolute atomic E-state index is 0.373. The number of nitrogens with one attached hydrogen (secondary N) is 1. The van der Waals surface area contributed by atoms with Gasteiger partial charge in [0.1, 0.15) is 12.1 Å². The highest BCUT2D eigenvalue weighted by Gasteiger charge is 2.49. The van der Waals surface area contributed by atoms with Crippen molar-refractivity contribution in [1.29, 1.82) is 0 Å². The number of hydrogen-bond donors (Lipinski definition) is 1. The SMILES string of the molecule is COC(=O)CN1C(=O)N[C@@](C)(c2ccc3c(c2)CCC3)C1=O. The number of esters is 1. The van der Waals surface area contributed by atoms with Crippen LogP contribution in [0.3, 0.4) is 0 Å². The summed E-state index contributed by atoms with van der Waals surface area (Å²) in [7, 11) is 1.22. The molecule has 1 aliphatic carbocycles. The molecule has 1 saturated heterocycles. The van der Waals surface area contributed by atoms with Gasteiger partial charge >= 0.3 is 12.0 Å². The Hall–Kier alpha value is -2.37. The van der Waals surface area contributed by atoms with Gasteiger partial charge in [-0.3, -0.25) is 14.5 Å². The Morgan fingerprint density at radius 1 is 1.32 bits per heavy atom. The molecule has 1 aliphatic heterocycles. The molecule has 0 aromatic heterocycles. The predicted octanol–water partition coefficient (Wildman–Crippen LogP) is 1.12. The summed E-state index contributed by atoms with van der Waals surface area (Å²) >= 11 is 0. The molecule has 2 aliphatic rings. The maximum Gasteiger partial charge on any atom is 0.325 e. The highest BCUT2D eigenvalue weighted by molar-refractivity contribution is 6.08. The molecule has 1 fully saturated rings. The fourth-order valence-electron chi connectivity index (χ4n) is 3.11. The van der Waals surface area contributed by atoms with Crippen LogP contribution in [-0.2, 0) is 32.7 Å². The number of ether oxygens (including phenoxy) is 1. The summed E-state index contributed by atoms with van der Waals surface area (Å²) in [5.74, 6) is -1.05. The first kappa shape index (κ1) is 14.6. The molecule has 1 aromatic carbocycles. The number of amides is 3. The van der Waals surface area contributed by atoms with Gasteiger partial charge in [-0.15, -0.1) is 0 Å². The minimum Gasteiger partial charge on any atom is -0.468 e. The van der Waals surface area contributed by atoms with E-state index in [1.807, 2.05) is 18.2 Å². The molecule has 0 unspecified atom stereocenters. The van der Waals surface area contributed by atoms with Gasteiger partial charge in [0.2, 0.25) is 0 Å². The van der Waals surface area contributed by atoms with Crippen LogP contribution in [0.5, 0.6) is 0 Å². The Kier molecular flexibility index (Phi) is 3.39. The van der Waals surface area contributed by atoms with Crippen molar-refractivity contribution in [1.82, 2.24) is 10.2 Å². The average molecular weight is 302 g/mol. The Morgan fingerprint density at radius 2 is 2.05 bits per heavy atom. The van der Waals surface area contributed by atoms with Crippen molar-refractivity contribution < 1.29 is 19.1 Å². The quantitative estimate of drug-likeness (QED) is 0.670. The molecule has 1 atom stereocenters. The smallest absolute Gasteiger partial charge is 0.325 e. The second-order valence-corrected chi connectivity index (χ2v) is 5.86. The first-order valence-corrected chi connectivity index (χ1v) is 7.29. The number of fused-ring (bicyclic) bond motifs is 1. The second-order valence-electron chi connectivity index (χ2n) is 5.86. The van der Waals surface area contributed by atoms with Crippen molar-refractivity contribution >= 4 is 17.9 Å². The van der Waals surface area contributed by atoms with Gasteiger partial charge in [0.15, 0.2) is 0 Å². The summed E-state index contributed by atoms with van der Waals surface area (Å²) in [6.45, 7) is 1.29. The van der Waals surface area contributed by atoms with Crippen LogP contribution >= 0.6 is 0 Å². The van der Waals surface area contributed by atoms with E-state index in [4.69, 9.17) is 0 Å². The molecule has 6 heteroatoms. The number of methoxy groups -OCH3 is 1. The van der Waals surface area contributed by atoms with E-state index in [2.05, 4.69) is 10.1 Å². The third-order valence-electron chi connectivity index (χ3n) is 4.47. The zero-order valence-electron chi connectivity index (χ0n) is 12.6. The van der Waals surface area contributed by atoms with Gasteiger partial charge in [0, 0.05) is 0 Å². The van der Waals surface area contributed by atoms with Gasteiger partial charge in [0.05, 0.1) is 7.11 Å². The van der Waals surface area contributed by atoms with Gasteiger partial charge in [0.25, 0.3) is 5.91 Å². The van der Waals surface area contributed by atoms with Gasteiger partial charge in [-0.1, -0.05) is 18.2 Å². The van der Waals surface area contributed by atoms with E-state index < -0.39 is 23.4 Å². The number of rotatable bonds is 3. The Morgan fingerprint density at radius 3 is 2.77 bits per heavy atom. The van der Waals surface area contributed by atoms with Crippen LogP contribution < -0.4 is 5.32 Å². The van der Waals surface area contributed by atoms with E-state index in [0.29, 0.717) is 0 Å². The first-order valence-electron chi connectivity index (χ1n) is 7.29. The van der Waals surface area contributed by atoms with Crippen LogP contribution in [0.1, 0.15) is 30.0 Å². The van der Waals surface area contributed by atoms with Gasteiger partial charge in [-0.05, 0) is 42.9 Å². The van der Waals surface area contributed by atoms with Crippen molar-refractivity contribution in [2.45, 2.75) is 31.7 Å². The topological polar surface area (TPSA) is 75.7 Å². The van der Waals surface area contributed by atoms with Crippen LogP contribution in [0, 0.1) is 0 Å². The van der Waals surface area contributed by atoms with Crippen molar-refractivity contribution in [2.75, 3.05) is 13.7 Å². The average Bonchev–Trinajstić information content (AvgIpc) is 3.05. The standard InChI is InChI=1S/C16H18N2O4/c1-16(12-7-6-10-4-3-5-11(10)8-12)14(20)18(15(21)17-16)9-13(19)22-2/h6-8H,3-5,9H2,1-2H3,(H,17,21)/t16-/m0/s1. The molecule has 1 N–H and O–H groups in total. The largest absolute Gasteiger partial charge is 0.468 e. The third-order valence-corrected chi connectivity index (χ3v) is 4.47. The van der Waals surface area contributed by atoms with Crippen molar-refractivity contribution in [3.63, 3.8) is 0 Å². The number of carbonyl (C=O) groups is 3. The Bertz CT molecular complexity index is 670. The van der Waals surface area contributed by atoms with E-state index in [0.717, 1.165) is 29.7 Å². The van der Waals surface area contributed by atoms with Crippen molar-refractivity contribution in [2.24, 2.45) is 0 Å². The summed E-state index contributed by atoms with van der Waals surface area (Å²) < 4.78 is 4.53. The molecule has 0 bridgehead atoms. The monoisotopic (exact) mass is 302 g/mol. The molecule has 116 valence electrons. The third kappa shape index (κ3) is 2.15. The fraction of sp³-hybridized carbons (Fsp3) is 0.438. The molecular formula is C16H18N2O4. The lowest BCUT2D eigenvalue weighted by Crippen LogP contribution is -2.41. The number of aryl methyl sites for hydroxylation is 2. The van der Waals surface area contributed by atoms with Crippen molar-refractivity contribution in [3.8, 4) is 0 Å². The summed E-state index contributed by atoms with van der Waals surface area (Å²) in [6, 6.07) is 5.32. The van der Waals surface area contributed by atoms with Gasteiger partial charge < -0.3 is 10.1 Å². The summed E-state index contributed by atoms with van der Waals surface area (Å²) in [5, 5.41) is 2.70. The molecule has 1 heterocycles. The maximum absolute atomic E-state index is 12.6. The number of carbonyl (C=O) groups excluding carboxylic acids is 3. The number of urea groups is 1. The van der Waals surface area contributed by atoms with E-state index in [-0.39, 0.29) is 6.54 Å². The van der Waals surface area contributed by atoms with Crippen molar-refractivity contribution in [3.05, 3.63) is 34.9 Å². The normalized spacial score (nSPS) is 23.5. The molecule has 22 heavy (non-hydrogen) atoms. The highest BCUT2D eigenvalue weighted by Crippen LogP contribution is 2.32. The van der Waals surface area contributed by atoms with Crippen LogP contribution in [0.25, 0.3) is 0 Å². The first-order chi connectivity index (χ1) is 10.5. The number of benzene rings is 1. The van der Waals surface area contributed by atoms with E-state index in [9.17, 15) is 14.4 Å². The van der Waals surface area contributed by atoms with E-state index in [1.54, 1.807) is 6.92 Å². The van der Waals surface area contributed by atoms with Gasteiger partial charge in [-0.2, -0.15) is 0 Å². The van der Waals surface area contributed by atoms with Crippen LogP contribution in [0.15, 0.2) is 18.2 Å². The zero-order valence-corrected chi connectivity index (χ0v) is 12.6. The molecule has 3 rings (SSSR count). The molecule has 1 aromatic rings. The maximum atomic E-state index is 12.6. The highest BCUT2D eigenvalue weighted by atomic mass is 16.5. The lowest BCUT2D eigenvalue weighted by molar-refractivity contribution is -0.145. The van der Waals surface area contributed by atoms with Crippen LogP contribution in [0.2, 0.25) is 0 Å². The Balaban J connectivity index is 1.91. The zero-order chi connectivity index (χ0) is 15.9. The predicted molar refractivity (Wildman–Crippen MR) is 78.1 cm³/mol. The summed E-state index contributed by atoms with van der Waals surface area (Å²) in [5.41, 5.74) is 2.14. The molecule has 3 amide bonds. The second kappa shape index (κ2) is 5.12. The number of nitrogens with zero attached hydrogens (tertiary/aromatic N) is 1. The van der Waals surface area contributed by atoms with Gasteiger partial charge in [-0.25, -0.2) is 4.79 Å². The Labute approximate surface area is 128 Å². The lowest BCUT2D eigenvalue weighted by atomic mass is 9.90. The summed E-state index contributed by atoms with van der Waals surface area (Å²) in [6.07, 6.45) is 3.17. The van der Waals surface area contributed by atoms with Crippen LogP contribution in [-0.4, -0.2) is 36.5 Å². The molecule has 6 nitrogen and oxygen atoms in total. The summed E-state index contributed by atoms with van der Waals surface area (Å²) in [4.78, 5) is 36.9. The van der Waals surface area contributed by atoms with Crippen LogP contribution in [0.4, 0.5) is 4.79 Å². The minimum atomic E-state index is -1.14. The number of hydrogen-bond acceptors (Lipinski definition) is 4. The lowest BCUT2D eigenvalue weighted by Gasteiger charge is -2.23. The van der Waals surface area contributed by atoms with E-state index >= 15 is 0 Å². The molecule has 0 radical (unpaired) electrons. The molecule has 0 saturated carbocycles. The van der Waals surface area contributed by atoms with E-state index in [1.165, 1.54) is 18.2 Å². The fourth-order valence-corrected chi connectivity index (χ4v) is 3.11. The molecular weight excluding hydrogens is 284 g/mol.